The van der Waals surface area contributed by atoms with Gasteiger partial charge in [0, 0.05) is 18.6 Å². The van der Waals surface area contributed by atoms with Crippen LogP contribution in [0.3, 0.4) is 0 Å². The lowest BCUT2D eigenvalue weighted by atomic mass is 9.84. The molecule has 1 aliphatic carbocycles. The lowest BCUT2D eigenvalue weighted by Crippen LogP contribution is -2.68. The highest BCUT2D eigenvalue weighted by Crippen LogP contribution is 2.30. The molecule has 13 atom stereocenters. The minimum atomic E-state index is -1.28. The Morgan fingerprint density at radius 1 is 0.875 bits per heavy atom. The van der Waals surface area contributed by atoms with Gasteiger partial charge in [0.2, 0.25) is 0 Å². The summed E-state index contributed by atoms with van der Waals surface area (Å²) >= 11 is 0. The number of hydrogen-bond donors (Lipinski definition) is 9. The van der Waals surface area contributed by atoms with Gasteiger partial charge >= 0.3 is 0 Å². The minimum absolute atomic E-state index is 0.197. The fraction of sp³-hybridized carbons (Fsp3) is 1.00. The molecule has 0 radical (unpaired) electrons. The molecule has 1 saturated carbocycles. The Morgan fingerprint density at radius 3 is 2.06 bits per heavy atom. The van der Waals surface area contributed by atoms with E-state index in [0.29, 0.717) is 13.0 Å². The van der Waals surface area contributed by atoms with E-state index in [1.165, 1.54) is 0 Å². The summed E-state index contributed by atoms with van der Waals surface area (Å²) in [6, 6.07) is -2.51. The molecule has 2 aliphatic heterocycles. The summed E-state index contributed by atoms with van der Waals surface area (Å²) < 4.78 is 23.2. The van der Waals surface area contributed by atoms with Crippen LogP contribution in [0.15, 0.2) is 0 Å². The van der Waals surface area contributed by atoms with E-state index in [1.807, 2.05) is 0 Å². The molecule has 0 aromatic heterocycles. The Bertz CT molecular complexity index is 594. The van der Waals surface area contributed by atoms with Gasteiger partial charge in [0.25, 0.3) is 0 Å². The molecule has 13 unspecified atom stereocenters. The van der Waals surface area contributed by atoms with Gasteiger partial charge in [-0.25, -0.2) is 0 Å². The van der Waals surface area contributed by atoms with Gasteiger partial charge in [0.05, 0.1) is 24.8 Å². The normalized spacial score (nSPS) is 50.3. The first-order valence-corrected chi connectivity index (χ1v) is 11.1. The highest BCUT2D eigenvalue weighted by molar-refractivity contribution is 5.01. The first-order chi connectivity index (χ1) is 15.2. The van der Waals surface area contributed by atoms with Crippen LogP contribution in [0, 0.1) is 0 Å². The summed E-state index contributed by atoms with van der Waals surface area (Å²) in [6.07, 6.45) is -7.22. The molecule has 3 aliphatic rings. The standard InChI is InChI=1S/C19H39N5O8/c1-24-12-13(26)11(6-25)30-19(14(12)27)32-17-10(23)4-9(22)16(15(17)28)31-18-8(21)3-2-7(5-20)29-18/h7-19,24-28H,2-6,20-23H2,1H3. The van der Waals surface area contributed by atoms with E-state index in [0.717, 1.165) is 6.42 Å². The monoisotopic (exact) mass is 465 g/mol. The first kappa shape index (κ1) is 26.1. The van der Waals surface area contributed by atoms with Gasteiger partial charge in [0.15, 0.2) is 12.6 Å². The molecule has 13 heteroatoms. The molecular weight excluding hydrogens is 426 g/mol. The molecule has 0 aromatic rings. The second-order valence-electron chi connectivity index (χ2n) is 8.88. The summed E-state index contributed by atoms with van der Waals surface area (Å²) in [7, 11) is 1.56. The molecule has 0 bridgehead atoms. The van der Waals surface area contributed by atoms with Crippen LogP contribution in [0.4, 0.5) is 0 Å². The van der Waals surface area contributed by atoms with E-state index in [1.54, 1.807) is 7.05 Å². The van der Waals surface area contributed by atoms with E-state index in [-0.39, 0.29) is 12.5 Å². The predicted molar refractivity (Wildman–Crippen MR) is 112 cm³/mol. The topological polar surface area (TPSA) is 234 Å². The number of nitrogens with one attached hydrogen (secondary N) is 1. The van der Waals surface area contributed by atoms with Gasteiger partial charge in [-0.3, -0.25) is 0 Å². The van der Waals surface area contributed by atoms with Gasteiger partial charge in [-0.1, -0.05) is 0 Å². The molecule has 13 N–H and O–H groups in total. The van der Waals surface area contributed by atoms with Gasteiger partial charge in [-0.2, -0.15) is 0 Å². The molecule has 3 fully saturated rings. The van der Waals surface area contributed by atoms with Crippen molar-refractivity contribution in [3.05, 3.63) is 0 Å². The smallest absolute Gasteiger partial charge is 0.186 e. The van der Waals surface area contributed by atoms with Gasteiger partial charge in [0.1, 0.15) is 36.6 Å². The fourth-order valence-corrected chi connectivity index (χ4v) is 4.67. The Balaban J connectivity index is 1.71. The molecule has 0 aromatic carbocycles. The van der Waals surface area contributed by atoms with E-state index in [9.17, 15) is 20.4 Å². The van der Waals surface area contributed by atoms with Crippen LogP contribution in [0.1, 0.15) is 19.3 Å². The van der Waals surface area contributed by atoms with Crippen LogP contribution in [-0.4, -0.2) is 120 Å². The molecule has 3 rings (SSSR count). The zero-order chi connectivity index (χ0) is 23.6. The van der Waals surface area contributed by atoms with Crippen molar-refractivity contribution in [2.24, 2.45) is 22.9 Å². The van der Waals surface area contributed by atoms with Crippen molar-refractivity contribution in [2.45, 2.75) is 98.7 Å². The lowest BCUT2D eigenvalue weighted by Gasteiger charge is -2.48. The van der Waals surface area contributed by atoms with Crippen LogP contribution < -0.4 is 28.3 Å². The Labute approximate surface area is 187 Å². The summed E-state index contributed by atoms with van der Waals surface area (Å²) in [5.74, 6) is 0. The fourth-order valence-electron chi connectivity index (χ4n) is 4.67. The highest BCUT2D eigenvalue weighted by atomic mass is 16.7. The van der Waals surface area contributed by atoms with Gasteiger partial charge in [-0.15, -0.1) is 0 Å². The Morgan fingerprint density at radius 2 is 1.50 bits per heavy atom. The van der Waals surface area contributed by atoms with Crippen molar-refractivity contribution >= 4 is 0 Å². The van der Waals surface area contributed by atoms with E-state index in [2.05, 4.69) is 5.32 Å². The molecule has 0 amide bonds. The quantitative estimate of drug-likeness (QED) is 0.171. The Kier molecular flexibility index (Phi) is 9.19. The third-order valence-corrected chi connectivity index (χ3v) is 6.62. The van der Waals surface area contributed by atoms with Crippen LogP contribution in [0.25, 0.3) is 0 Å². The second-order valence-corrected chi connectivity index (χ2v) is 8.88. The molecular formula is C19H39N5O8. The van der Waals surface area contributed by atoms with Crippen LogP contribution in [0.5, 0.6) is 0 Å². The van der Waals surface area contributed by atoms with Crippen LogP contribution in [-0.2, 0) is 18.9 Å². The molecule has 13 nitrogen and oxygen atoms in total. The maximum atomic E-state index is 11.0. The van der Waals surface area contributed by atoms with Gasteiger partial charge in [-0.05, 0) is 26.3 Å². The third kappa shape index (κ3) is 5.41. The predicted octanol–water partition coefficient (Wildman–Crippen LogP) is -5.01. The van der Waals surface area contributed by atoms with Crippen molar-refractivity contribution in [1.82, 2.24) is 5.32 Å². The summed E-state index contributed by atoms with van der Waals surface area (Å²) in [6.45, 7) is -0.162. The number of ether oxygens (including phenoxy) is 4. The summed E-state index contributed by atoms with van der Waals surface area (Å²) in [5, 5.41) is 44.2. The van der Waals surface area contributed by atoms with E-state index in [4.69, 9.17) is 41.9 Å². The number of nitrogens with two attached hydrogens (primary N) is 4. The average Bonchev–Trinajstić information content (AvgIpc) is 2.77. The SMILES string of the molecule is CNC1C(O)C(CO)OC(OC2C(N)CC(N)C(OC3OC(CN)CCC3N)C2O)C1O. The van der Waals surface area contributed by atoms with Crippen molar-refractivity contribution < 1.29 is 39.4 Å². The van der Waals surface area contributed by atoms with Gasteiger partial charge < -0.3 is 67.6 Å². The van der Waals surface area contributed by atoms with Crippen LogP contribution >= 0.6 is 0 Å². The first-order valence-electron chi connectivity index (χ1n) is 11.1. The average molecular weight is 466 g/mol. The number of likely N-dealkylation sites (N-methyl/N-ethyl adjacent to an activating group) is 1. The maximum Gasteiger partial charge on any atom is 0.186 e. The number of hydrogen-bond acceptors (Lipinski definition) is 13. The highest BCUT2D eigenvalue weighted by Gasteiger charge is 2.50. The molecule has 0 spiro atoms. The Hall–Kier alpha value is -0.520. The third-order valence-electron chi connectivity index (χ3n) is 6.62. The van der Waals surface area contributed by atoms with Crippen molar-refractivity contribution in [1.29, 1.82) is 0 Å². The maximum absolute atomic E-state index is 11.0. The number of aliphatic hydroxyl groups excluding tert-OH is 4. The zero-order valence-corrected chi connectivity index (χ0v) is 18.3. The number of aliphatic hydroxyl groups is 4. The second kappa shape index (κ2) is 11.3. The minimum Gasteiger partial charge on any atom is -0.394 e. The number of rotatable bonds is 7. The molecule has 2 saturated heterocycles. The lowest BCUT2D eigenvalue weighted by molar-refractivity contribution is -0.314. The van der Waals surface area contributed by atoms with Crippen LogP contribution in [0.2, 0.25) is 0 Å². The molecule has 188 valence electrons. The van der Waals surface area contributed by atoms with Crippen molar-refractivity contribution in [3.8, 4) is 0 Å². The van der Waals surface area contributed by atoms with E-state index >= 15 is 0 Å². The van der Waals surface area contributed by atoms with Crippen molar-refractivity contribution in [2.75, 3.05) is 20.2 Å². The zero-order valence-electron chi connectivity index (χ0n) is 18.3. The summed E-state index contributed by atoms with van der Waals surface area (Å²) in [4.78, 5) is 0. The molecule has 32 heavy (non-hydrogen) atoms. The molecule has 2 heterocycles. The largest absolute Gasteiger partial charge is 0.394 e. The van der Waals surface area contributed by atoms with E-state index < -0.39 is 80.0 Å². The van der Waals surface area contributed by atoms with Crippen molar-refractivity contribution in [3.63, 3.8) is 0 Å². The summed E-state index contributed by atoms with van der Waals surface area (Å²) in [5.41, 5.74) is 24.3.